The number of Topliss-reactive ketones (excluding diaryl/α,β-unsaturated/α-hetero) is 1. The molecule has 3 N–H and O–H groups in total. The van der Waals surface area contributed by atoms with Gasteiger partial charge in [-0.2, -0.15) is 0 Å². The molecule has 0 spiro atoms. The first-order valence-electron chi connectivity index (χ1n) is 17.5. The molecule has 3 fully saturated rings. The fourth-order valence-electron chi connectivity index (χ4n) is 7.22. The molecule has 6 atom stereocenters. The number of ketones is 1. The van der Waals surface area contributed by atoms with Gasteiger partial charge in [0.25, 0.3) is 5.91 Å². The third-order valence-corrected chi connectivity index (χ3v) is 10.6. The van der Waals surface area contributed by atoms with Gasteiger partial charge in [-0.3, -0.25) is 33.7 Å². The largest absolute Gasteiger partial charge is 0.377 e. The maximum atomic E-state index is 14.5. The van der Waals surface area contributed by atoms with E-state index in [9.17, 15) is 28.8 Å². The molecule has 11 nitrogen and oxygen atoms in total. The minimum atomic E-state index is -1.000. The molecule has 0 radical (unpaired) electrons. The van der Waals surface area contributed by atoms with Gasteiger partial charge in [0, 0.05) is 38.2 Å². The lowest BCUT2D eigenvalue weighted by Gasteiger charge is -2.40. The fraction of sp³-hybridized carbons (Fsp3) is 0.730. The average Bonchev–Trinajstić information content (AvgIpc) is 3.27. The third kappa shape index (κ3) is 8.74. The molecule has 2 saturated heterocycles. The summed E-state index contributed by atoms with van der Waals surface area (Å²) >= 11 is 0. The van der Waals surface area contributed by atoms with Gasteiger partial charge >= 0.3 is 0 Å². The van der Waals surface area contributed by atoms with Gasteiger partial charge < -0.3 is 20.9 Å². The number of unbranched alkanes of at least 4 members (excludes halogenated alkanes) is 1. The number of fused-ring (bicyclic) bond motifs is 1. The van der Waals surface area contributed by atoms with Gasteiger partial charge in [0.15, 0.2) is 0 Å². The van der Waals surface area contributed by atoms with Crippen LogP contribution in [0.1, 0.15) is 101 Å². The van der Waals surface area contributed by atoms with Crippen molar-refractivity contribution in [3.63, 3.8) is 0 Å². The van der Waals surface area contributed by atoms with Gasteiger partial charge in [-0.05, 0) is 46.8 Å². The molecule has 5 amide bonds. The topological polar surface area (TPSA) is 145 Å². The number of likely N-dealkylation sites (tertiary alicyclic amines) is 2. The monoisotopic (exact) mass is 669 g/mol. The van der Waals surface area contributed by atoms with Crippen LogP contribution in [-0.2, 0) is 28.8 Å². The molecule has 3 aliphatic rings. The zero-order valence-corrected chi connectivity index (χ0v) is 30.7. The Morgan fingerprint density at radius 1 is 1.00 bits per heavy atom. The van der Waals surface area contributed by atoms with E-state index in [0.717, 1.165) is 6.42 Å². The third-order valence-electron chi connectivity index (χ3n) is 10.6. The zero-order chi connectivity index (χ0) is 36.4. The Morgan fingerprint density at radius 3 is 2.12 bits per heavy atom. The minimum absolute atomic E-state index is 0.0809. The summed E-state index contributed by atoms with van der Waals surface area (Å²) in [5.74, 6) is -2.52. The predicted molar refractivity (Wildman–Crippen MR) is 185 cm³/mol. The van der Waals surface area contributed by atoms with Crippen molar-refractivity contribution in [1.82, 2.24) is 25.8 Å². The Balaban J connectivity index is 1.83. The van der Waals surface area contributed by atoms with Crippen LogP contribution in [-0.4, -0.2) is 82.9 Å². The van der Waals surface area contributed by atoms with Crippen molar-refractivity contribution < 1.29 is 28.8 Å². The first-order valence-corrected chi connectivity index (χ1v) is 17.5. The maximum Gasteiger partial charge on any atom is 0.289 e. The highest BCUT2D eigenvalue weighted by molar-refractivity contribution is 6.38. The SMILES string of the molecule is C=CCNC(=O)C(=O)C(CCCC)NC(=O)[C@@H]1[C@@H]2[C@H](CN1C(=O)[C@@H](NC(=C)C[C@H](CN1C(=O)CCC1=O)C(C)(C)C)C(C)(C)C)C2(C)C. The van der Waals surface area contributed by atoms with Crippen LogP contribution in [0, 0.1) is 34.0 Å². The number of piperidine rings is 1. The molecule has 1 unspecified atom stereocenters. The molecule has 1 saturated carbocycles. The summed E-state index contributed by atoms with van der Waals surface area (Å²) in [5, 5.41) is 8.77. The maximum absolute atomic E-state index is 14.5. The van der Waals surface area contributed by atoms with Gasteiger partial charge in [-0.25, -0.2) is 0 Å². The molecular weight excluding hydrogens is 610 g/mol. The molecule has 3 rings (SSSR count). The number of imide groups is 1. The summed E-state index contributed by atoms with van der Waals surface area (Å²) in [7, 11) is 0. The van der Waals surface area contributed by atoms with E-state index >= 15 is 0 Å². The number of nitrogens with one attached hydrogen (secondary N) is 3. The van der Waals surface area contributed by atoms with E-state index < -0.39 is 41.1 Å². The lowest BCUT2D eigenvalue weighted by Crippen LogP contribution is -2.59. The highest BCUT2D eigenvalue weighted by atomic mass is 16.2. The molecular formula is C37H59N5O6. The molecule has 2 heterocycles. The van der Waals surface area contributed by atoms with Crippen molar-refractivity contribution in [2.75, 3.05) is 19.6 Å². The van der Waals surface area contributed by atoms with E-state index in [2.05, 4.69) is 63.7 Å². The first-order chi connectivity index (χ1) is 22.2. The molecule has 268 valence electrons. The highest BCUT2D eigenvalue weighted by Gasteiger charge is 2.69. The van der Waals surface area contributed by atoms with Crippen LogP contribution < -0.4 is 16.0 Å². The van der Waals surface area contributed by atoms with Gasteiger partial charge in [-0.1, -0.05) is 87.8 Å². The second-order valence-corrected chi connectivity index (χ2v) is 16.7. The van der Waals surface area contributed by atoms with Crippen LogP contribution in [0.15, 0.2) is 24.9 Å². The van der Waals surface area contributed by atoms with Gasteiger partial charge in [0.2, 0.25) is 29.4 Å². The van der Waals surface area contributed by atoms with E-state index in [0.29, 0.717) is 31.5 Å². The molecule has 48 heavy (non-hydrogen) atoms. The Morgan fingerprint density at radius 2 is 1.60 bits per heavy atom. The molecule has 11 heteroatoms. The summed E-state index contributed by atoms with van der Waals surface area (Å²) < 4.78 is 0. The van der Waals surface area contributed by atoms with E-state index in [4.69, 9.17) is 0 Å². The normalized spacial score (nSPS) is 23.6. The molecule has 0 aromatic carbocycles. The average molecular weight is 670 g/mol. The summed E-state index contributed by atoms with van der Waals surface area (Å²) in [6, 6.07) is -2.51. The zero-order valence-electron chi connectivity index (χ0n) is 30.7. The lowest BCUT2D eigenvalue weighted by atomic mass is 9.77. The van der Waals surface area contributed by atoms with Crippen molar-refractivity contribution >= 4 is 35.3 Å². The summed E-state index contributed by atoms with van der Waals surface area (Å²) in [6.45, 7) is 26.9. The van der Waals surface area contributed by atoms with E-state index in [1.807, 2.05) is 27.7 Å². The number of carbonyl (C=O) groups is 6. The van der Waals surface area contributed by atoms with Gasteiger partial charge in [0.1, 0.15) is 12.1 Å². The molecule has 1 aliphatic carbocycles. The Hall–Kier alpha value is -3.50. The van der Waals surface area contributed by atoms with Crippen LogP contribution in [0.2, 0.25) is 0 Å². The Kier molecular flexibility index (Phi) is 12.1. The fourth-order valence-corrected chi connectivity index (χ4v) is 7.22. The standard InChI is InChI=1S/C37H59N5O6/c1-12-14-15-25(30(45)33(47)38-18-13-2)40-32(46)29-28-24(37(28,10)11)21-42(29)34(48)31(36(7,8)9)39-22(3)19-23(35(4,5)6)20-41-26(43)16-17-27(41)44/h13,23-25,28-29,31,39H,2-3,12,14-21H2,1,4-11H3,(H,38,47)(H,40,46)/t23-,24+,25?,28+,29+,31-/m1/s1. The molecule has 0 aromatic rings. The number of hydrogen-bond acceptors (Lipinski definition) is 7. The highest BCUT2D eigenvalue weighted by Crippen LogP contribution is 2.65. The quantitative estimate of drug-likeness (QED) is 0.129. The molecule has 0 aromatic heterocycles. The smallest absolute Gasteiger partial charge is 0.289 e. The van der Waals surface area contributed by atoms with Gasteiger partial charge in [0.05, 0.1) is 6.04 Å². The first kappa shape index (κ1) is 38.9. The second kappa shape index (κ2) is 14.9. The van der Waals surface area contributed by atoms with Crippen molar-refractivity contribution in [2.24, 2.45) is 34.0 Å². The summed E-state index contributed by atoms with van der Waals surface area (Å²) in [5.41, 5.74) is -0.357. The second-order valence-electron chi connectivity index (χ2n) is 16.7. The lowest BCUT2D eigenvalue weighted by molar-refractivity contribution is -0.145. The van der Waals surface area contributed by atoms with Crippen LogP contribution in [0.25, 0.3) is 0 Å². The summed E-state index contributed by atoms with van der Waals surface area (Å²) in [4.78, 5) is 82.0. The minimum Gasteiger partial charge on any atom is -0.377 e. The molecule has 0 bridgehead atoms. The van der Waals surface area contributed by atoms with Crippen LogP contribution in [0.5, 0.6) is 0 Å². The Bertz CT molecular complexity index is 1290. The molecule has 2 aliphatic heterocycles. The number of allylic oxidation sites excluding steroid dienone is 1. The van der Waals surface area contributed by atoms with Crippen molar-refractivity contribution in [2.45, 2.75) is 119 Å². The van der Waals surface area contributed by atoms with E-state index in [-0.39, 0.29) is 72.2 Å². The van der Waals surface area contributed by atoms with Crippen molar-refractivity contribution in [1.29, 1.82) is 0 Å². The summed E-state index contributed by atoms with van der Waals surface area (Å²) in [6.07, 6.45) is 4.13. The van der Waals surface area contributed by atoms with Crippen molar-refractivity contribution in [3.05, 3.63) is 24.9 Å². The van der Waals surface area contributed by atoms with E-state index in [1.165, 1.54) is 11.0 Å². The number of nitrogens with zero attached hydrogens (tertiary/aromatic N) is 2. The number of amides is 5. The van der Waals surface area contributed by atoms with Gasteiger partial charge in [-0.15, -0.1) is 6.58 Å². The van der Waals surface area contributed by atoms with Crippen LogP contribution >= 0.6 is 0 Å². The number of rotatable bonds is 16. The van der Waals surface area contributed by atoms with Crippen molar-refractivity contribution in [3.8, 4) is 0 Å². The predicted octanol–water partition coefficient (Wildman–Crippen LogP) is 3.74. The van der Waals surface area contributed by atoms with Crippen LogP contribution in [0.4, 0.5) is 0 Å². The van der Waals surface area contributed by atoms with Crippen LogP contribution in [0.3, 0.4) is 0 Å². The number of hydrogen-bond donors (Lipinski definition) is 3. The van der Waals surface area contributed by atoms with E-state index in [1.54, 1.807) is 4.90 Å². The number of carbonyl (C=O) groups excluding carboxylic acids is 6. The Labute approximate surface area is 287 Å².